The molecule has 1 amide bonds. The van der Waals surface area contributed by atoms with Gasteiger partial charge in [0.05, 0.1) is 25.3 Å². The zero-order valence-corrected chi connectivity index (χ0v) is 17.1. The fourth-order valence-corrected chi connectivity index (χ4v) is 3.79. The highest BCUT2D eigenvalue weighted by Gasteiger charge is 2.36. The second-order valence-corrected chi connectivity index (χ2v) is 7.76. The molecule has 1 aromatic carbocycles. The van der Waals surface area contributed by atoms with Crippen molar-refractivity contribution in [2.75, 3.05) is 19.0 Å². The molecule has 0 radical (unpaired) electrons. The van der Waals surface area contributed by atoms with Crippen LogP contribution in [0.15, 0.2) is 42.7 Å². The molecule has 9 heteroatoms. The van der Waals surface area contributed by atoms with Gasteiger partial charge in [-0.1, -0.05) is 23.3 Å². The van der Waals surface area contributed by atoms with E-state index in [1.54, 1.807) is 25.6 Å². The van der Waals surface area contributed by atoms with E-state index in [4.69, 9.17) is 14.7 Å². The van der Waals surface area contributed by atoms with E-state index >= 15 is 0 Å². The minimum Gasteiger partial charge on any atom is -0.496 e. The fraction of sp³-hybridized carbons (Fsp3) is 0.286. The van der Waals surface area contributed by atoms with Crippen molar-refractivity contribution < 1.29 is 14.3 Å². The number of hydrogen-bond donors (Lipinski definition) is 1. The predicted molar refractivity (Wildman–Crippen MR) is 111 cm³/mol. The lowest BCUT2D eigenvalue weighted by molar-refractivity contribution is 0.102. The molecular weight excluding hydrogens is 402 g/mol. The lowest BCUT2D eigenvalue weighted by atomic mass is 10.0. The van der Waals surface area contributed by atoms with Gasteiger partial charge in [-0.2, -0.15) is 5.26 Å². The van der Waals surface area contributed by atoms with Crippen LogP contribution in [-0.2, 0) is 0 Å². The number of hydrogen-bond acceptors (Lipinski definition) is 8. The number of benzene rings is 1. The van der Waals surface area contributed by atoms with Gasteiger partial charge in [0.25, 0.3) is 11.1 Å². The number of nitriles is 1. The first-order chi connectivity index (χ1) is 14.7. The van der Waals surface area contributed by atoms with Crippen LogP contribution in [0.5, 0.6) is 10.9 Å². The normalized spacial score (nSPS) is 17.1. The van der Waals surface area contributed by atoms with Gasteiger partial charge in [-0.05, 0) is 42.2 Å². The second kappa shape index (κ2) is 8.88. The van der Waals surface area contributed by atoms with Crippen LogP contribution in [0, 0.1) is 23.2 Å². The molecule has 0 spiro atoms. The van der Waals surface area contributed by atoms with Crippen molar-refractivity contribution in [3.8, 4) is 28.1 Å². The maximum Gasteiger partial charge on any atom is 0.295 e. The first-order valence-corrected chi connectivity index (χ1v) is 10.3. The van der Waals surface area contributed by atoms with Crippen LogP contribution in [0.4, 0.5) is 5.13 Å². The smallest absolute Gasteiger partial charge is 0.295 e. The summed E-state index contributed by atoms with van der Waals surface area (Å²) in [7, 11) is 1.58. The quantitative estimate of drug-likeness (QED) is 0.589. The van der Waals surface area contributed by atoms with Gasteiger partial charge in [0.2, 0.25) is 5.13 Å². The molecule has 0 saturated heterocycles. The molecule has 1 saturated carbocycles. The van der Waals surface area contributed by atoms with Gasteiger partial charge in [0, 0.05) is 29.4 Å². The second-order valence-electron chi connectivity index (χ2n) is 6.82. The Morgan fingerprint density at radius 2 is 2.17 bits per heavy atom. The molecular formula is C21H19N5O3S. The van der Waals surface area contributed by atoms with Gasteiger partial charge < -0.3 is 9.47 Å². The zero-order chi connectivity index (χ0) is 20.9. The third-order valence-corrected chi connectivity index (χ3v) is 5.64. The summed E-state index contributed by atoms with van der Waals surface area (Å²) in [4.78, 5) is 17.0. The summed E-state index contributed by atoms with van der Waals surface area (Å²) in [6, 6.07) is 11.4. The molecule has 1 aliphatic carbocycles. The van der Waals surface area contributed by atoms with E-state index in [-0.39, 0.29) is 11.8 Å². The Morgan fingerprint density at radius 3 is 2.97 bits per heavy atom. The maximum absolute atomic E-state index is 12.9. The summed E-state index contributed by atoms with van der Waals surface area (Å²) >= 11 is 1.16. The van der Waals surface area contributed by atoms with Crippen LogP contribution >= 0.6 is 11.3 Å². The number of methoxy groups -OCH3 is 1. The summed E-state index contributed by atoms with van der Waals surface area (Å²) < 4.78 is 11.0. The van der Waals surface area contributed by atoms with Crippen molar-refractivity contribution in [3.63, 3.8) is 0 Å². The topological polar surface area (TPSA) is 110 Å². The first-order valence-electron chi connectivity index (χ1n) is 9.44. The van der Waals surface area contributed by atoms with Crippen molar-refractivity contribution in [1.82, 2.24) is 15.2 Å². The highest BCUT2D eigenvalue weighted by Crippen LogP contribution is 2.40. The molecule has 152 valence electrons. The lowest BCUT2D eigenvalue weighted by Gasteiger charge is -2.11. The number of anilines is 1. The Hall–Kier alpha value is -3.51. The van der Waals surface area contributed by atoms with E-state index in [0.29, 0.717) is 39.7 Å². The van der Waals surface area contributed by atoms with Gasteiger partial charge >= 0.3 is 0 Å². The van der Waals surface area contributed by atoms with Crippen LogP contribution in [0.3, 0.4) is 0 Å². The van der Waals surface area contributed by atoms with Crippen molar-refractivity contribution >= 4 is 22.4 Å². The molecule has 30 heavy (non-hydrogen) atoms. The zero-order valence-electron chi connectivity index (χ0n) is 16.2. The molecule has 0 bridgehead atoms. The molecule has 4 rings (SSSR count). The summed E-state index contributed by atoms with van der Waals surface area (Å²) in [5.41, 5.74) is 1.88. The number of aromatic nitrogens is 3. The predicted octanol–water partition coefficient (Wildman–Crippen LogP) is 3.79. The highest BCUT2D eigenvalue weighted by molar-refractivity contribution is 7.17. The Bertz CT molecular complexity index is 1090. The summed E-state index contributed by atoms with van der Waals surface area (Å²) in [6.45, 7) is 0.480. The van der Waals surface area contributed by atoms with E-state index in [0.717, 1.165) is 29.7 Å². The number of para-hydroxylation sites is 1. The van der Waals surface area contributed by atoms with Gasteiger partial charge in [-0.3, -0.25) is 15.1 Å². The molecule has 2 aromatic heterocycles. The number of carbonyl (C=O) groups is 1. The summed E-state index contributed by atoms with van der Waals surface area (Å²) in [5.74, 6) is 0.911. The molecule has 2 atom stereocenters. The monoisotopic (exact) mass is 421 g/mol. The minimum absolute atomic E-state index is 0.163. The molecule has 8 nitrogen and oxygen atoms in total. The van der Waals surface area contributed by atoms with E-state index < -0.39 is 0 Å². The van der Waals surface area contributed by atoms with Crippen molar-refractivity contribution in [1.29, 1.82) is 5.26 Å². The number of ether oxygens (including phenoxy) is 2. The molecule has 1 fully saturated rings. The van der Waals surface area contributed by atoms with Crippen LogP contribution in [0.2, 0.25) is 0 Å². The fourth-order valence-electron chi connectivity index (χ4n) is 3.18. The van der Waals surface area contributed by atoms with E-state index in [1.807, 2.05) is 24.3 Å². The van der Waals surface area contributed by atoms with Crippen molar-refractivity contribution in [2.45, 2.75) is 12.8 Å². The largest absolute Gasteiger partial charge is 0.496 e. The Kier molecular flexibility index (Phi) is 5.86. The standard InChI is InChI=1S/C21H19N5O3S/c1-28-18-5-3-2-4-15(18)17-12-23-8-6-16(17)19(27)24-20-25-26-21(30-20)29-9-7-13-10-14(13)11-22/h2-6,8,12-14H,7,9-10H2,1H3,(H,24,25,27). The number of amides is 1. The number of carbonyl (C=O) groups excluding carboxylic acids is 1. The molecule has 2 heterocycles. The first kappa shape index (κ1) is 19.8. The molecule has 3 aromatic rings. The summed E-state index contributed by atoms with van der Waals surface area (Å²) in [5, 5.41) is 20.3. The van der Waals surface area contributed by atoms with Crippen LogP contribution in [0.25, 0.3) is 11.1 Å². The van der Waals surface area contributed by atoms with Crippen LogP contribution in [-0.4, -0.2) is 34.8 Å². The number of nitrogens with zero attached hydrogens (tertiary/aromatic N) is 4. The molecule has 0 aliphatic heterocycles. The molecule has 1 aliphatic rings. The maximum atomic E-state index is 12.9. The van der Waals surface area contributed by atoms with Gasteiger partial charge in [0.15, 0.2) is 0 Å². The van der Waals surface area contributed by atoms with Crippen molar-refractivity contribution in [3.05, 3.63) is 48.3 Å². The van der Waals surface area contributed by atoms with Crippen molar-refractivity contribution in [2.24, 2.45) is 11.8 Å². The van der Waals surface area contributed by atoms with E-state index in [9.17, 15) is 4.79 Å². The van der Waals surface area contributed by atoms with Gasteiger partial charge in [-0.15, -0.1) is 5.10 Å². The Balaban J connectivity index is 1.43. The van der Waals surface area contributed by atoms with Gasteiger partial charge in [-0.25, -0.2) is 0 Å². The lowest BCUT2D eigenvalue weighted by Crippen LogP contribution is -2.13. The van der Waals surface area contributed by atoms with Gasteiger partial charge in [0.1, 0.15) is 5.75 Å². The highest BCUT2D eigenvalue weighted by atomic mass is 32.1. The Morgan fingerprint density at radius 1 is 1.30 bits per heavy atom. The summed E-state index contributed by atoms with van der Waals surface area (Å²) in [6.07, 6.45) is 4.96. The van der Waals surface area contributed by atoms with Crippen LogP contribution < -0.4 is 14.8 Å². The third kappa shape index (κ3) is 4.39. The molecule has 1 N–H and O–H groups in total. The Labute approximate surface area is 177 Å². The average molecular weight is 421 g/mol. The van der Waals surface area contributed by atoms with Crippen LogP contribution in [0.1, 0.15) is 23.2 Å². The van der Waals surface area contributed by atoms with E-state index in [2.05, 4.69) is 26.6 Å². The number of nitrogens with one attached hydrogen (secondary N) is 1. The molecule has 2 unspecified atom stereocenters. The SMILES string of the molecule is COc1ccccc1-c1cnccc1C(=O)Nc1nnc(OCCC2CC2C#N)s1. The third-order valence-electron chi connectivity index (χ3n) is 4.89. The average Bonchev–Trinajstić information content (AvgIpc) is 3.41. The minimum atomic E-state index is -0.323. The van der Waals surface area contributed by atoms with E-state index in [1.165, 1.54) is 0 Å². The number of pyridine rings is 1. The number of rotatable bonds is 8.